The number of rotatable bonds is 8. The van der Waals surface area contributed by atoms with Crippen LogP contribution in [0.1, 0.15) is 61.0 Å². The van der Waals surface area contributed by atoms with Crippen LogP contribution in [0.3, 0.4) is 0 Å². The van der Waals surface area contributed by atoms with Gasteiger partial charge < -0.3 is 5.11 Å². The number of aliphatic imine (C=N–C) groups is 1. The Bertz CT molecular complexity index is 401. The minimum Gasteiger partial charge on any atom is -0.478 e. The van der Waals surface area contributed by atoms with Gasteiger partial charge in [-0.1, -0.05) is 50.8 Å². The molecule has 0 aromatic heterocycles. The predicted octanol–water partition coefficient (Wildman–Crippen LogP) is 4.10. The predicted molar refractivity (Wildman–Crippen MR) is 74.5 cm³/mol. The Kier molecular flexibility index (Phi) is 6.12. The van der Waals surface area contributed by atoms with Gasteiger partial charge in [-0.05, 0) is 24.8 Å². The summed E-state index contributed by atoms with van der Waals surface area (Å²) in [5, 5.41) is 9.16. The van der Waals surface area contributed by atoms with E-state index in [1.807, 2.05) is 12.1 Å². The zero-order valence-electron chi connectivity index (χ0n) is 10.9. The molecule has 98 valence electrons. The molecule has 1 aromatic rings. The first-order chi connectivity index (χ1) is 8.70. The number of nitrogens with zero attached hydrogens (tertiary/aromatic N) is 1. The average molecular weight is 247 g/mol. The lowest BCUT2D eigenvalue weighted by Gasteiger charge is -2.14. The Labute approximate surface area is 109 Å². The molecule has 1 unspecified atom stereocenters. The van der Waals surface area contributed by atoms with E-state index in [4.69, 9.17) is 5.11 Å². The summed E-state index contributed by atoms with van der Waals surface area (Å²) in [6.45, 7) is 5.76. The number of carbonyl (C=O) groups is 1. The van der Waals surface area contributed by atoms with Crippen molar-refractivity contribution in [1.82, 2.24) is 0 Å². The average Bonchev–Trinajstić information content (AvgIpc) is 2.39. The molecule has 1 atom stereocenters. The lowest BCUT2D eigenvalue weighted by Crippen LogP contribution is -2.06. The van der Waals surface area contributed by atoms with Gasteiger partial charge in [-0.3, -0.25) is 4.99 Å². The van der Waals surface area contributed by atoms with Crippen LogP contribution in [0.5, 0.6) is 0 Å². The first-order valence-electron chi connectivity index (χ1n) is 6.48. The van der Waals surface area contributed by atoms with Crippen LogP contribution in [-0.2, 0) is 0 Å². The van der Waals surface area contributed by atoms with Gasteiger partial charge in [0.25, 0.3) is 0 Å². The highest BCUT2D eigenvalue weighted by molar-refractivity contribution is 5.89. The van der Waals surface area contributed by atoms with Crippen molar-refractivity contribution in [3.05, 3.63) is 35.4 Å². The Hall–Kier alpha value is -1.64. The van der Waals surface area contributed by atoms with Crippen molar-refractivity contribution in [2.24, 2.45) is 4.99 Å². The molecule has 18 heavy (non-hydrogen) atoms. The topological polar surface area (TPSA) is 49.7 Å². The molecule has 0 aliphatic carbocycles. The SMILES string of the molecule is C=NC(CCCCCC)c1ccccc1C(=O)O. The molecule has 1 rings (SSSR count). The first kappa shape index (κ1) is 14.4. The van der Waals surface area contributed by atoms with E-state index in [1.54, 1.807) is 12.1 Å². The van der Waals surface area contributed by atoms with Crippen LogP contribution >= 0.6 is 0 Å². The fourth-order valence-electron chi connectivity index (χ4n) is 2.09. The second kappa shape index (κ2) is 7.64. The molecule has 0 fully saturated rings. The van der Waals surface area contributed by atoms with Gasteiger partial charge in [0.15, 0.2) is 0 Å². The molecule has 0 aliphatic heterocycles. The van der Waals surface area contributed by atoms with Gasteiger partial charge >= 0.3 is 5.97 Å². The summed E-state index contributed by atoms with van der Waals surface area (Å²) in [5.74, 6) is -0.896. The van der Waals surface area contributed by atoms with Crippen molar-refractivity contribution >= 4 is 12.7 Å². The third kappa shape index (κ3) is 3.99. The summed E-state index contributed by atoms with van der Waals surface area (Å²) >= 11 is 0. The Balaban J connectivity index is 2.75. The summed E-state index contributed by atoms with van der Waals surface area (Å²) in [6.07, 6.45) is 5.50. The van der Waals surface area contributed by atoms with Crippen LogP contribution in [0.25, 0.3) is 0 Å². The molecule has 3 nitrogen and oxygen atoms in total. The van der Waals surface area contributed by atoms with Crippen molar-refractivity contribution in [3.63, 3.8) is 0 Å². The zero-order chi connectivity index (χ0) is 13.4. The van der Waals surface area contributed by atoms with Gasteiger partial charge in [0.1, 0.15) is 0 Å². The van der Waals surface area contributed by atoms with Crippen molar-refractivity contribution in [2.45, 2.75) is 45.1 Å². The van der Waals surface area contributed by atoms with Crippen LogP contribution in [0.2, 0.25) is 0 Å². The van der Waals surface area contributed by atoms with Crippen LogP contribution in [-0.4, -0.2) is 17.8 Å². The minimum absolute atomic E-state index is 0.103. The monoisotopic (exact) mass is 247 g/mol. The standard InChI is InChI=1S/C15H21NO2/c1-3-4-5-6-11-14(16-2)12-9-7-8-10-13(12)15(17)18/h7-10,14H,2-6,11H2,1H3,(H,17,18). The lowest BCUT2D eigenvalue weighted by atomic mass is 9.96. The molecule has 0 heterocycles. The van der Waals surface area contributed by atoms with Gasteiger partial charge in [-0.2, -0.15) is 0 Å². The van der Waals surface area contributed by atoms with Crippen molar-refractivity contribution in [2.75, 3.05) is 0 Å². The second-order valence-corrected chi connectivity index (χ2v) is 4.44. The van der Waals surface area contributed by atoms with E-state index >= 15 is 0 Å². The summed E-state index contributed by atoms with van der Waals surface area (Å²) in [4.78, 5) is 15.2. The molecular formula is C15H21NO2. The maximum Gasteiger partial charge on any atom is 0.336 e. The van der Waals surface area contributed by atoms with E-state index in [9.17, 15) is 4.79 Å². The highest BCUT2D eigenvalue weighted by atomic mass is 16.4. The maximum absolute atomic E-state index is 11.2. The molecule has 1 aromatic carbocycles. The normalized spacial score (nSPS) is 12.1. The number of aromatic carboxylic acids is 1. The number of carboxylic acid groups (broad SMARTS) is 1. The third-order valence-corrected chi connectivity index (χ3v) is 3.10. The van der Waals surface area contributed by atoms with Gasteiger partial charge in [0.2, 0.25) is 0 Å². The number of unbranched alkanes of at least 4 members (excludes halogenated alkanes) is 3. The molecule has 0 radical (unpaired) electrons. The molecule has 0 spiro atoms. The molecular weight excluding hydrogens is 226 g/mol. The van der Waals surface area contributed by atoms with Gasteiger partial charge in [0.05, 0.1) is 11.6 Å². The molecule has 1 N–H and O–H groups in total. The zero-order valence-corrected chi connectivity index (χ0v) is 10.9. The summed E-state index contributed by atoms with van der Waals surface area (Å²) in [6, 6.07) is 6.95. The third-order valence-electron chi connectivity index (χ3n) is 3.10. The number of hydrogen-bond acceptors (Lipinski definition) is 2. The van der Waals surface area contributed by atoms with E-state index in [0.717, 1.165) is 24.8 Å². The minimum atomic E-state index is -0.896. The van der Waals surface area contributed by atoms with Crippen LogP contribution < -0.4 is 0 Å². The van der Waals surface area contributed by atoms with Gasteiger partial charge in [-0.25, -0.2) is 4.79 Å². The van der Waals surface area contributed by atoms with Crippen molar-refractivity contribution in [1.29, 1.82) is 0 Å². The summed E-state index contributed by atoms with van der Waals surface area (Å²) in [5.41, 5.74) is 1.11. The Morgan fingerprint density at radius 2 is 2.06 bits per heavy atom. The molecule has 0 saturated heterocycles. The van der Waals surface area contributed by atoms with Crippen LogP contribution in [0, 0.1) is 0 Å². The Morgan fingerprint density at radius 1 is 1.33 bits per heavy atom. The molecule has 0 aliphatic rings. The molecule has 0 bridgehead atoms. The molecule has 0 amide bonds. The van der Waals surface area contributed by atoms with E-state index in [-0.39, 0.29) is 6.04 Å². The van der Waals surface area contributed by atoms with E-state index in [1.165, 1.54) is 12.8 Å². The molecule has 0 saturated carbocycles. The van der Waals surface area contributed by atoms with Crippen LogP contribution in [0.15, 0.2) is 29.3 Å². The smallest absolute Gasteiger partial charge is 0.336 e. The number of carboxylic acids is 1. The lowest BCUT2D eigenvalue weighted by molar-refractivity contribution is 0.0695. The van der Waals surface area contributed by atoms with Gasteiger partial charge in [0, 0.05) is 0 Å². The highest BCUT2D eigenvalue weighted by Gasteiger charge is 2.16. The highest BCUT2D eigenvalue weighted by Crippen LogP contribution is 2.26. The number of benzene rings is 1. The van der Waals surface area contributed by atoms with Crippen molar-refractivity contribution in [3.8, 4) is 0 Å². The fraction of sp³-hybridized carbons (Fsp3) is 0.467. The van der Waals surface area contributed by atoms with Crippen LogP contribution in [0.4, 0.5) is 0 Å². The quantitative estimate of drug-likeness (QED) is 0.555. The maximum atomic E-state index is 11.2. The van der Waals surface area contributed by atoms with E-state index < -0.39 is 5.97 Å². The van der Waals surface area contributed by atoms with Gasteiger partial charge in [-0.15, -0.1) is 0 Å². The second-order valence-electron chi connectivity index (χ2n) is 4.44. The summed E-state index contributed by atoms with van der Waals surface area (Å²) < 4.78 is 0. The first-order valence-corrected chi connectivity index (χ1v) is 6.48. The Morgan fingerprint density at radius 3 is 2.67 bits per heavy atom. The number of hydrogen-bond donors (Lipinski definition) is 1. The van der Waals surface area contributed by atoms with Crippen molar-refractivity contribution < 1.29 is 9.90 Å². The fourth-order valence-corrected chi connectivity index (χ4v) is 2.09. The molecule has 3 heteroatoms. The van der Waals surface area contributed by atoms with E-state index in [0.29, 0.717) is 5.56 Å². The largest absolute Gasteiger partial charge is 0.478 e. The summed E-state index contributed by atoms with van der Waals surface area (Å²) in [7, 11) is 0. The van der Waals surface area contributed by atoms with E-state index in [2.05, 4.69) is 18.6 Å².